The Bertz CT molecular complexity index is 1110. The van der Waals surface area contributed by atoms with Crippen LogP contribution < -0.4 is 0 Å². The molecule has 4 aromatic rings. The number of rotatable bonds is 3. The van der Waals surface area contributed by atoms with Crippen LogP contribution in [0, 0.1) is 0 Å². The maximum absolute atomic E-state index is 6.30. The van der Waals surface area contributed by atoms with Crippen molar-refractivity contribution in [3.63, 3.8) is 0 Å². The summed E-state index contributed by atoms with van der Waals surface area (Å²) in [7, 11) is 0. The fourth-order valence-corrected chi connectivity index (χ4v) is 4.14. The number of fused-ring (bicyclic) bond motifs is 3. The number of aromatic nitrogens is 6. The predicted octanol–water partition coefficient (Wildman–Crippen LogP) is 3.62. The van der Waals surface area contributed by atoms with E-state index >= 15 is 0 Å². The van der Waals surface area contributed by atoms with Crippen molar-refractivity contribution in [2.75, 3.05) is 6.61 Å². The van der Waals surface area contributed by atoms with Gasteiger partial charge < -0.3 is 9.30 Å². The van der Waals surface area contributed by atoms with E-state index in [9.17, 15) is 0 Å². The van der Waals surface area contributed by atoms with Gasteiger partial charge in [-0.3, -0.25) is 4.98 Å². The first-order valence-corrected chi connectivity index (χ1v) is 9.46. The Morgan fingerprint density at radius 2 is 2.22 bits per heavy atom. The molecule has 1 aromatic carbocycles. The third-order valence-corrected chi connectivity index (χ3v) is 5.38. The lowest BCUT2D eigenvalue weighted by atomic mass is 10.0. The number of benzene rings is 1. The van der Waals surface area contributed by atoms with Crippen LogP contribution in [0.2, 0.25) is 5.02 Å². The zero-order valence-corrected chi connectivity index (χ0v) is 15.7. The third-order valence-electron chi connectivity index (χ3n) is 5.14. The quantitative estimate of drug-likeness (QED) is 0.541. The number of hydrogen-bond donors (Lipinski definition) is 0. The molecule has 0 saturated carbocycles. The van der Waals surface area contributed by atoms with Crippen LogP contribution in [0.3, 0.4) is 0 Å². The Balaban J connectivity index is 1.76. The van der Waals surface area contributed by atoms with Crippen molar-refractivity contribution in [2.24, 2.45) is 0 Å². The van der Waals surface area contributed by atoms with Gasteiger partial charge in [0.05, 0.1) is 23.3 Å². The monoisotopic (exact) mass is 382 g/mol. The molecule has 1 aliphatic heterocycles. The molecule has 1 fully saturated rings. The summed E-state index contributed by atoms with van der Waals surface area (Å²) in [4.78, 5) is 13.5. The maximum atomic E-state index is 6.30. The molecule has 0 aliphatic carbocycles. The summed E-state index contributed by atoms with van der Waals surface area (Å²) in [5.41, 5.74) is 2.87. The molecule has 0 spiro atoms. The maximum Gasteiger partial charge on any atom is 0.137 e. The molecule has 138 valence electrons. The number of imidazole rings is 1. The molecular formula is C19H19ClN6O. The zero-order valence-electron chi connectivity index (χ0n) is 14.9. The van der Waals surface area contributed by atoms with Gasteiger partial charge in [0.1, 0.15) is 30.5 Å². The molecule has 0 radical (unpaired) electrons. The molecule has 1 saturated heterocycles. The molecular weight excluding hydrogens is 364 g/mol. The van der Waals surface area contributed by atoms with Crippen molar-refractivity contribution < 1.29 is 4.74 Å². The minimum atomic E-state index is 0.220. The highest BCUT2D eigenvalue weighted by atomic mass is 35.5. The molecule has 0 bridgehead atoms. The summed E-state index contributed by atoms with van der Waals surface area (Å²) in [6, 6.07) is 6.11. The Hall–Kier alpha value is -2.51. The fourth-order valence-electron chi connectivity index (χ4n) is 3.97. The minimum Gasteiger partial charge on any atom is -0.378 e. The summed E-state index contributed by atoms with van der Waals surface area (Å²) in [5.74, 6) is 0.948. The van der Waals surface area contributed by atoms with Gasteiger partial charge in [-0.1, -0.05) is 11.6 Å². The highest BCUT2D eigenvalue weighted by molar-refractivity contribution is 6.31. The molecule has 5 rings (SSSR count). The highest BCUT2D eigenvalue weighted by Gasteiger charge is 2.26. The number of pyridine rings is 1. The molecule has 27 heavy (non-hydrogen) atoms. The van der Waals surface area contributed by atoms with Crippen molar-refractivity contribution in [1.82, 2.24) is 29.3 Å². The van der Waals surface area contributed by atoms with Crippen molar-refractivity contribution >= 4 is 33.5 Å². The molecule has 2 atom stereocenters. The van der Waals surface area contributed by atoms with E-state index in [1.54, 1.807) is 17.3 Å². The molecule has 8 heteroatoms. The Morgan fingerprint density at radius 1 is 1.30 bits per heavy atom. The lowest BCUT2D eigenvalue weighted by Gasteiger charge is -2.30. The van der Waals surface area contributed by atoms with Crippen LogP contribution in [-0.2, 0) is 11.3 Å². The molecule has 0 unspecified atom stereocenters. The normalized spacial score (nSPS) is 20.5. The average Bonchev–Trinajstić information content (AvgIpc) is 3.29. The highest BCUT2D eigenvalue weighted by Crippen LogP contribution is 2.34. The SMILES string of the molecule is C[C@H]1C[C@@H](n2c(Cn3cncn3)nc3cnc4ccc(Cl)cc4c32)CCO1. The van der Waals surface area contributed by atoms with Gasteiger partial charge in [-0.25, -0.2) is 14.6 Å². The van der Waals surface area contributed by atoms with Crippen LogP contribution in [0.5, 0.6) is 0 Å². The molecule has 1 aliphatic rings. The van der Waals surface area contributed by atoms with Crippen LogP contribution in [-0.4, -0.2) is 42.0 Å². The van der Waals surface area contributed by atoms with Crippen LogP contribution >= 0.6 is 11.6 Å². The molecule has 0 amide bonds. The lowest BCUT2D eigenvalue weighted by Crippen LogP contribution is -2.27. The van der Waals surface area contributed by atoms with Crippen LogP contribution in [0.15, 0.2) is 37.1 Å². The van der Waals surface area contributed by atoms with Gasteiger partial charge in [0.25, 0.3) is 0 Å². The fraction of sp³-hybridized carbons (Fsp3) is 0.368. The van der Waals surface area contributed by atoms with Gasteiger partial charge in [0, 0.05) is 23.1 Å². The van der Waals surface area contributed by atoms with E-state index in [1.165, 1.54) is 0 Å². The van der Waals surface area contributed by atoms with Gasteiger partial charge in [-0.05, 0) is 38.0 Å². The summed E-state index contributed by atoms with van der Waals surface area (Å²) >= 11 is 6.30. The third kappa shape index (κ3) is 2.96. The molecule has 3 aromatic heterocycles. The first-order chi connectivity index (χ1) is 13.2. The number of halogens is 1. The van der Waals surface area contributed by atoms with E-state index in [0.717, 1.165) is 47.2 Å². The Labute approximate surface area is 161 Å². The Morgan fingerprint density at radius 3 is 3.04 bits per heavy atom. The first kappa shape index (κ1) is 16.6. The second-order valence-corrected chi connectivity index (χ2v) is 7.44. The van der Waals surface area contributed by atoms with Crippen molar-refractivity contribution in [3.8, 4) is 0 Å². The van der Waals surface area contributed by atoms with Crippen LogP contribution in [0.25, 0.3) is 21.9 Å². The van der Waals surface area contributed by atoms with Gasteiger partial charge in [-0.15, -0.1) is 0 Å². The van der Waals surface area contributed by atoms with E-state index < -0.39 is 0 Å². The topological polar surface area (TPSA) is 70.7 Å². The first-order valence-electron chi connectivity index (χ1n) is 9.08. The minimum absolute atomic E-state index is 0.220. The van der Waals surface area contributed by atoms with Crippen LogP contribution in [0.4, 0.5) is 0 Å². The smallest absolute Gasteiger partial charge is 0.137 e. The van der Waals surface area contributed by atoms with Gasteiger partial charge in [-0.2, -0.15) is 5.10 Å². The lowest BCUT2D eigenvalue weighted by molar-refractivity contribution is 0.00619. The van der Waals surface area contributed by atoms with E-state index in [4.69, 9.17) is 21.3 Å². The van der Waals surface area contributed by atoms with Gasteiger partial charge in [0.2, 0.25) is 0 Å². The summed E-state index contributed by atoms with van der Waals surface area (Å²) in [5, 5.41) is 5.97. The molecule has 4 heterocycles. The molecule has 0 N–H and O–H groups in total. The van der Waals surface area contributed by atoms with Gasteiger partial charge >= 0.3 is 0 Å². The molecule has 7 nitrogen and oxygen atoms in total. The van der Waals surface area contributed by atoms with E-state index in [2.05, 4.69) is 26.6 Å². The predicted molar refractivity (Wildman–Crippen MR) is 103 cm³/mol. The largest absolute Gasteiger partial charge is 0.378 e. The number of hydrogen-bond acceptors (Lipinski definition) is 5. The zero-order chi connectivity index (χ0) is 18.4. The average molecular weight is 383 g/mol. The second-order valence-electron chi connectivity index (χ2n) is 7.00. The van der Waals surface area contributed by atoms with Crippen molar-refractivity contribution in [1.29, 1.82) is 0 Å². The van der Waals surface area contributed by atoms with Crippen molar-refractivity contribution in [2.45, 2.75) is 38.5 Å². The Kier molecular flexibility index (Phi) is 4.06. The van der Waals surface area contributed by atoms with E-state index in [1.807, 2.05) is 24.4 Å². The summed E-state index contributed by atoms with van der Waals surface area (Å²) < 4.78 is 9.91. The van der Waals surface area contributed by atoms with Crippen LogP contribution in [0.1, 0.15) is 31.6 Å². The van der Waals surface area contributed by atoms with Gasteiger partial charge in [0.15, 0.2) is 0 Å². The second kappa shape index (κ2) is 6.58. The van der Waals surface area contributed by atoms with E-state index in [0.29, 0.717) is 17.6 Å². The van der Waals surface area contributed by atoms with E-state index in [-0.39, 0.29) is 6.10 Å². The summed E-state index contributed by atoms with van der Waals surface area (Å²) in [6.45, 7) is 3.43. The summed E-state index contributed by atoms with van der Waals surface area (Å²) in [6.07, 6.45) is 7.21. The standard InChI is InChI=1S/C19H19ClN6O/c1-12-6-14(4-5-27-12)26-18(9-25-11-21-10-23-25)24-17-8-22-16-3-2-13(20)7-15(16)19(17)26/h2-3,7-8,10-12,14H,4-6,9H2,1H3/t12-,14-/m0/s1. The number of ether oxygens (including phenoxy) is 1. The van der Waals surface area contributed by atoms with Crippen molar-refractivity contribution in [3.05, 3.63) is 47.9 Å². The number of nitrogens with zero attached hydrogens (tertiary/aromatic N) is 6.